The van der Waals surface area contributed by atoms with Crippen LogP contribution in [0.5, 0.6) is 5.75 Å². The minimum Gasteiger partial charge on any atom is -0.507 e. The number of benzene rings is 1. The van der Waals surface area contributed by atoms with Gasteiger partial charge >= 0.3 is 5.97 Å². The van der Waals surface area contributed by atoms with Gasteiger partial charge in [0.25, 0.3) is 5.91 Å². The Labute approximate surface area is 108 Å². The standard InChI is InChI=1S/C11H12ClNO5/c12-6-1-2-7(9(15)5-6)10(16)13-8(3-4-14)11(17)18/h1-2,5,8,14-15H,3-4H2,(H,13,16)(H,17,18)/t8-/m0/s1. The summed E-state index contributed by atoms with van der Waals surface area (Å²) in [6, 6.07) is 2.65. The Balaban J connectivity index is 2.83. The minimum atomic E-state index is -1.26. The van der Waals surface area contributed by atoms with Crippen molar-refractivity contribution < 1.29 is 24.9 Å². The van der Waals surface area contributed by atoms with Gasteiger partial charge in [0.2, 0.25) is 0 Å². The zero-order valence-electron chi connectivity index (χ0n) is 9.26. The van der Waals surface area contributed by atoms with E-state index in [-0.39, 0.29) is 29.4 Å². The number of hydrogen-bond donors (Lipinski definition) is 4. The normalized spacial score (nSPS) is 11.9. The number of hydrogen-bond acceptors (Lipinski definition) is 4. The number of phenolic OH excluding ortho intramolecular Hbond substituents is 1. The number of aliphatic hydroxyl groups is 1. The van der Waals surface area contributed by atoms with Crippen LogP contribution in [-0.4, -0.2) is 39.8 Å². The number of carboxylic acids is 1. The molecule has 0 aliphatic carbocycles. The van der Waals surface area contributed by atoms with Crippen LogP contribution in [0.4, 0.5) is 0 Å². The van der Waals surface area contributed by atoms with E-state index in [9.17, 15) is 14.7 Å². The van der Waals surface area contributed by atoms with Crippen LogP contribution in [0, 0.1) is 0 Å². The number of halogens is 1. The molecule has 1 rings (SSSR count). The van der Waals surface area contributed by atoms with E-state index < -0.39 is 17.9 Å². The lowest BCUT2D eigenvalue weighted by atomic mass is 10.1. The van der Waals surface area contributed by atoms with Crippen molar-refractivity contribution in [2.45, 2.75) is 12.5 Å². The monoisotopic (exact) mass is 273 g/mol. The van der Waals surface area contributed by atoms with Gasteiger partial charge in [-0.15, -0.1) is 0 Å². The van der Waals surface area contributed by atoms with Gasteiger partial charge < -0.3 is 20.6 Å². The van der Waals surface area contributed by atoms with E-state index in [1.807, 2.05) is 0 Å². The van der Waals surface area contributed by atoms with Crippen molar-refractivity contribution in [1.29, 1.82) is 0 Å². The molecule has 0 radical (unpaired) electrons. The second-order valence-electron chi connectivity index (χ2n) is 3.54. The Morgan fingerprint density at radius 1 is 1.39 bits per heavy atom. The highest BCUT2D eigenvalue weighted by Crippen LogP contribution is 2.21. The molecule has 98 valence electrons. The number of carbonyl (C=O) groups is 2. The van der Waals surface area contributed by atoms with Crippen LogP contribution in [0.1, 0.15) is 16.8 Å². The molecule has 0 saturated heterocycles. The fraction of sp³-hybridized carbons (Fsp3) is 0.273. The Bertz CT molecular complexity index is 463. The molecule has 6 nitrogen and oxygen atoms in total. The molecule has 1 aromatic rings. The second kappa shape index (κ2) is 6.23. The van der Waals surface area contributed by atoms with Crippen LogP contribution in [-0.2, 0) is 4.79 Å². The van der Waals surface area contributed by atoms with E-state index >= 15 is 0 Å². The predicted octanol–water partition coefficient (Wildman–Crippen LogP) is 0.611. The van der Waals surface area contributed by atoms with Crippen molar-refractivity contribution in [3.8, 4) is 5.75 Å². The van der Waals surface area contributed by atoms with Crippen LogP contribution in [0.2, 0.25) is 5.02 Å². The van der Waals surface area contributed by atoms with Crippen molar-refractivity contribution in [3.63, 3.8) is 0 Å². The fourth-order valence-electron chi connectivity index (χ4n) is 1.32. The lowest BCUT2D eigenvalue weighted by molar-refractivity contribution is -0.139. The highest BCUT2D eigenvalue weighted by Gasteiger charge is 2.21. The van der Waals surface area contributed by atoms with Gasteiger partial charge in [-0.05, 0) is 18.2 Å². The minimum absolute atomic E-state index is 0.0800. The summed E-state index contributed by atoms with van der Waals surface area (Å²) < 4.78 is 0. The number of amides is 1. The van der Waals surface area contributed by atoms with Gasteiger partial charge in [-0.1, -0.05) is 11.6 Å². The maximum atomic E-state index is 11.7. The van der Waals surface area contributed by atoms with E-state index in [1.165, 1.54) is 18.2 Å². The number of rotatable bonds is 5. The molecular weight excluding hydrogens is 262 g/mol. The smallest absolute Gasteiger partial charge is 0.326 e. The summed E-state index contributed by atoms with van der Waals surface area (Å²) in [5, 5.41) is 29.4. The first-order chi connectivity index (χ1) is 8.45. The number of aliphatic hydroxyl groups excluding tert-OH is 1. The van der Waals surface area contributed by atoms with Gasteiger partial charge in [-0.2, -0.15) is 0 Å². The molecule has 0 bridgehead atoms. The lowest BCUT2D eigenvalue weighted by Crippen LogP contribution is -2.41. The molecular formula is C11H12ClNO5. The Hall–Kier alpha value is -1.79. The maximum absolute atomic E-state index is 11.7. The first kappa shape index (κ1) is 14.3. The lowest BCUT2D eigenvalue weighted by Gasteiger charge is -2.13. The summed E-state index contributed by atoms with van der Waals surface area (Å²) in [4.78, 5) is 22.5. The van der Waals surface area contributed by atoms with Crippen LogP contribution < -0.4 is 5.32 Å². The molecule has 7 heteroatoms. The highest BCUT2D eigenvalue weighted by molar-refractivity contribution is 6.30. The molecule has 1 aromatic carbocycles. The van der Waals surface area contributed by atoms with Crippen molar-refractivity contribution in [2.24, 2.45) is 0 Å². The molecule has 0 aliphatic rings. The molecule has 18 heavy (non-hydrogen) atoms. The SMILES string of the molecule is O=C(N[C@@H](CCO)C(=O)O)c1ccc(Cl)cc1O. The van der Waals surface area contributed by atoms with Crippen LogP contribution >= 0.6 is 11.6 Å². The van der Waals surface area contributed by atoms with E-state index in [4.69, 9.17) is 21.8 Å². The zero-order chi connectivity index (χ0) is 13.7. The average molecular weight is 274 g/mol. The van der Waals surface area contributed by atoms with Gasteiger partial charge in [-0.3, -0.25) is 4.79 Å². The summed E-state index contributed by atoms with van der Waals surface area (Å²) >= 11 is 5.61. The van der Waals surface area contributed by atoms with Crippen molar-refractivity contribution in [1.82, 2.24) is 5.32 Å². The molecule has 0 saturated carbocycles. The predicted molar refractivity (Wildman–Crippen MR) is 63.7 cm³/mol. The molecule has 0 fully saturated rings. The maximum Gasteiger partial charge on any atom is 0.326 e. The Kier molecular flexibility index (Phi) is 4.94. The summed E-state index contributed by atoms with van der Waals surface area (Å²) in [6.45, 7) is -0.371. The number of carbonyl (C=O) groups excluding carboxylic acids is 1. The van der Waals surface area contributed by atoms with Gasteiger partial charge in [0, 0.05) is 18.1 Å². The third kappa shape index (κ3) is 3.61. The molecule has 0 spiro atoms. The van der Waals surface area contributed by atoms with Gasteiger partial charge in [0.05, 0.1) is 5.56 Å². The third-order valence-electron chi connectivity index (χ3n) is 2.23. The summed E-state index contributed by atoms with van der Waals surface area (Å²) in [6.07, 6.45) is -0.116. The average Bonchev–Trinajstić information content (AvgIpc) is 2.27. The number of carboxylic acid groups (broad SMARTS) is 1. The molecule has 0 unspecified atom stereocenters. The number of aliphatic carboxylic acids is 1. The quantitative estimate of drug-likeness (QED) is 0.629. The molecule has 4 N–H and O–H groups in total. The molecule has 1 atom stereocenters. The second-order valence-corrected chi connectivity index (χ2v) is 3.97. The summed E-state index contributed by atoms with van der Waals surface area (Å²) in [7, 11) is 0. The molecule has 1 amide bonds. The zero-order valence-corrected chi connectivity index (χ0v) is 10.0. The van der Waals surface area contributed by atoms with Gasteiger partial charge in [-0.25, -0.2) is 4.79 Å². The van der Waals surface area contributed by atoms with Crippen molar-refractivity contribution in [3.05, 3.63) is 28.8 Å². The Morgan fingerprint density at radius 3 is 2.56 bits per heavy atom. The first-order valence-corrected chi connectivity index (χ1v) is 5.46. The van der Waals surface area contributed by atoms with E-state index in [1.54, 1.807) is 0 Å². The number of nitrogens with one attached hydrogen (secondary N) is 1. The van der Waals surface area contributed by atoms with Gasteiger partial charge in [0.15, 0.2) is 0 Å². The summed E-state index contributed by atoms with van der Waals surface area (Å²) in [5.41, 5.74) is -0.0800. The van der Waals surface area contributed by atoms with E-state index in [0.717, 1.165) is 0 Å². The van der Waals surface area contributed by atoms with Crippen LogP contribution in [0.3, 0.4) is 0 Å². The summed E-state index contributed by atoms with van der Waals surface area (Å²) in [5.74, 6) is -2.34. The van der Waals surface area contributed by atoms with E-state index in [2.05, 4.69) is 5.32 Å². The van der Waals surface area contributed by atoms with Crippen molar-refractivity contribution in [2.75, 3.05) is 6.61 Å². The molecule has 0 aliphatic heterocycles. The third-order valence-corrected chi connectivity index (χ3v) is 2.46. The first-order valence-electron chi connectivity index (χ1n) is 5.08. The Morgan fingerprint density at radius 2 is 2.06 bits per heavy atom. The number of aromatic hydroxyl groups is 1. The molecule has 0 heterocycles. The van der Waals surface area contributed by atoms with Crippen LogP contribution in [0.15, 0.2) is 18.2 Å². The number of phenols is 1. The molecule has 0 aromatic heterocycles. The largest absolute Gasteiger partial charge is 0.507 e. The van der Waals surface area contributed by atoms with Gasteiger partial charge in [0.1, 0.15) is 11.8 Å². The van der Waals surface area contributed by atoms with E-state index in [0.29, 0.717) is 0 Å². The highest BCUT2D eigenvalue weighted by atomic mass is 35.5. The fourth-order valence-corrected chi connectivity index (χ4v) is 1.49. The topological polar surface area (TPSA) is 107 Å². The van der Waals surface area contributed by atoms with Crippen molar-refractivity contribution >= 4 is 23.5 Å². The van der Waals surface area contributed by atoms with Crippen LogP contribution in [0.25, 0.3) is 0 Å².